The van der Waals surface area contributed by atoms with Gasteiger partial charge in [0.15, 0.2) is 0 Å². The second-order valence-electron chi connectivity index (χ2n) is 4.33. The van der Waals surface area contributed by atoms with E-state index in [0.717, 1.165) is 5.56 Å². The minimum absolute atomic E-state index is 0. The molecule has 0 saturated heterocycles. The van der Waals surface area contributed by atoms with Gasteiger partial charge in [0.05, 0.1) is 0 Å². The molecule has 108 valence electrons. The summed E-state index contributed by atoms with van der Waals surface area (Å²) in [7, 11) is 1.74. The van der Waals surface area contributed by atoms with Gasteiger partial charge >= 0.3 is 0 Å². The SMILES string of the molecule is CC(CN)N(C)C(=O)c1ccc(-c2ncon2)cc1.Cl. The molecule has 1 unspecified atom stereocenters. The number of hydrogen-bond acceptors (Lipinski definition) is 5. The molecule has 0 fully saturated rings. The lowest BCUT2D eigenvalue weighted by molar-refractivity contribution is 0.0748. The van der Waals surface area contributed by atoms with Gasteiger partial charge in [-0.25, -0.2) is 0 Å². The predicted octanol–water partition coefficient (Wildman–Crippen LogP) is 1.58. The third-order valence-electron chi connectivity index (χ3n) is 3.07. The van der Waals surface area contributed by atoms with Crippen LogP contribution in [0.3, 0.4) is 0 Å². The molecule has 1 atom stereocenters. The smallest absolute Gasteiger partial charge is 0.253 e. The monoisotopic (exact) mass is 296 g/mol. The van der Waals surface area contributed by atoms with Crippen molar-refractivity contribution >= 4 is 18.3 Å². The van der Waals surface area contributed by atoms with Gasteiger partial charge in [-0.05, 0) is 19.1 Å². The number of nitrogens with zero attached hydrogens (tertiary/aromatic N) is 3. The third kappa shape index (κ3) is 3.34. The predicted molar refractivity (Wildman–Crippen MR) is 77.6 cm³/mol. The Morgan fingerprint density at radius 2 is 2.05 bits per heavy atom. The average Bonchev–Trinajstić information content (AvgIpc) is 2.99. The van der Waals surface area contributed by atoms with Crippen molar-refractivity contribution in [3.05, 3.63) is 36.2 Å². The largest absolute Gasteiger partial charge is 0.342 e. The quantitative estimate of drug-likeness (QED) is 0.926. The fraction of sp³-hybridized carbons (Fsp3) is 0.308. The number of amides is 1. The number of nitrogens with two attached hydrogens (primary N) is 1. The van der Waals surface area contributed by atoms with Crippen LogP contribution in [0.15, 0.2) is 35.2 Å². The molecule has 1 amide bonds. The maximum absolute atomic E-state index is 12.2. The fourth-order valence-electron chi connectivity index (χ4n) is 1.62. The summed E-state index contributed by atoms with van der Waals surface area (Å²) in [6.07, 6.45) is 1.27. The number of hydrogen-bond donors (Lipinski definition) is 1. The van der Waals surface area contributed by atoms with Crippen LogP contribution in [0.4, 0.5) is 0 Å². The van der Waals surface area contributed by atoms with Gasteiger partial charge in [-0.3, -0.25) is 4.79 Å². The Hall–Kier alpha value is -1.92. The molecule has 0 spiro atoms. The summed E-state index contributed by atoms with van der Waals surface area (Å²) in [4.78, 5) is 17.7. The van der Waals surface area contributed by atoms with E-state index in [2.05, 4.69) is 14.7 Å². The van der Waals surface area contributed by atoms with Crippen LogP contribution in [0, 0.1) is 0 Å². The lowest BCUT2D eigenvalue weighted by atomic mass is 10.1. The first-order chi connectivity index (χ1) is 9.13. The zero-order chi connectivity index (χ0) is 13.8. The molecule has 7 heteroatoms. The highest BCUT2D eigenvalue weighted by Gasteiger charge is 2.16. The Bertz CT molecular complexity index is 542. The molecule has 0 aliphatic heterocycles. The van der Waals surface area contributed by atoms with Crippen molar-refractivity contribution in [2.75, 3.05) is 13.6 Å². The van der Waals surface area contributed by atoms with Crippen molar-refractivity contribution in [2.45, 2.75) is 13.0 Å². The average molecular weight is 297 g/mol. The third-order valence-corrected chi connectivity index (χ3v) is 3.07. The van der Waals surface area contributed by atoms with Crippen LogP contribution in [0.25, 0.3) is 11.4 Å². The summed E-state index contributed by atoms with van der Waals surface area (Å²) in [5, 5.41) is 3.74. The first-order valence-electron chi connectivity index (χ1n) is 5.97. The zero-order valence-corrected chi connectivity index (χ0v) is 12.1. The molecule has 0 aliphatic rings. The molecular weight excluding hydrogens is 280 g/mol. The number of carbonyl (C=O) groups excluding carboxylic acids is 1. The molecule has 2 N–H and O–H groups in total. The summed E-state index contributed by atoms with van der Waals surface area (Å²) in [5.41, 5.74) is 6.97. The van der Waals surface area contributed by atoms with Crippen LogP contribution in [0.2, 0.25) is 0 Å². The van der Waals surface area contributed by atoms with Gasteiger partial charge in [-0.1, -0.05) is 17.3 Å². The highest BCUT2D eigenvalue weighted by molar-refractivity contribution is 5.94. The minimum Gasteiger partial charge on any atom is -0.342 e. The van der Waals surface area contributed by atoms with E-state index in [1.165, 1.54) is 6.39 Å². The molecule has 0 aliphatic carbocycles. The molecule has 0 radical (unpaired) electrons. The summed E-state index contributed by atoms with van der Waals surface area (Å²) in [6.45, 7) is 2.34. The van der Waals surface area contributed by atoms with E-state index in [1.807, 2.05) is 6.92 Å². The van der Waals surface area contributed by atoms with Crippen LogP contribution < -0.4 is 5.73 Å². The maximum atomic E-state index is 12.2. The van der Waals surface area contributed by atoms with Gasteiger partial charge < -0.3 is 15.2 Å². The van der Waals surface area contributed by atoms with Crippen molar-refractivity contribution < 1.29 is 9.32 Å². The molecule has 2 aromatic rings. The molecule has 0 bridgehead atoms. The van der Waals surface area contributed by atoms with E-state index in [1.54, 1.807) is 36.2 Å². The van der Waals surface area contributed by atoms with Crippen LogP contribution >= 0.6 is 12.4 Å². The van der Waals surface area contributed by atoms with Gasteiger partial charge in [-0.15, -0.1) is 12.4 Å². The van der Waals surface area contributed by atoms with E-state index >= 15 is 0 Å². The van der Waals surface area contributed by atoms with Gasteiger partial charge in [0.25, 0.3) is 5.91 Å². The van der Waals surface area contributed by atoms with Gasteiger partial charge in [0.1, 0.15) is 0 Å². The summed E-state index contributed by atoms with van der Waals surface area (Å²) >= 11 is 0. The topological polar surface area (TPSA) is 85.2 Å². The number of halogens is 1. The number of carbonyl (C=O) groups is 1. The molecule has 2 rings (SSSR count). The molecule has 20 heavy (non-hydrogen) atoms. The fourth-order valence-corrected chi connectivity index (χ4v) is 1.62. The zero-order valence-electron chi connectivity index (χ0n) is 11.3. The second kappa shape index (κ2) is 7.02. The van der Waals surface area contributed by atoms with E-state index < -0.39 is 0 Å². The first-order valence-corrected chi connectivity index (χ1v) is 5.97. The second-order valence-corrected chi connectivity index (χ2v) is 4.33. The first kappa shape index (κ1) is 16.1. The van der Waals surface area contributed by atoms with Crippen LogP contribution in [-0.2, 0) is 0 Å². The molecule has 1 aromatic heterocycles. The molecule has 6 nitrogen and oxygen atoms in total. The Labute approximate surface area is 123 Å². The lowest BCUT2D eigenvalue weighted by Crippen LogP contribution is -2.39. The molecule has 1 aromatic carbocycles. The van der Waals surface area contributed by atoms with Crippen molar-refractivity contribution in [3.8, 4) is 11.4 Å². The maximum Gasteiger partial charge on any atom is 0.253 e. The van der Waals surface area contributed by atoms with E-state index in [0.29, 0.717) is 17.9 Å². The Morgan fingerprint density at radius 1 is 1.40 bits per heavy atom. The van der Waals surface area contributed by atoms with Crippen molar-refractivity contribution in [1.29, 1.82) is 0 Å². The Balaban J connectivity index is 0.00000200. The van der Waals surface area contributed by atoms with E-state index in [-0.39, 0.29) is 24.4 Å². The van der Waals surface area contributed by atoms with Crippen molar-refractivity contribution in [1.82, 2.24) is 15.0 Å². The van der Waals surface area contributed by atoms with Crippen molar-refractivity contribution in [2.24, 2.45) is 5.73 Å². The number of aromatic nitrogens is 2. The highest BCUT2D eigenvalue weighted by atomic mass is 35.5. The highest BCUT2D eigenvalue weighted by Crippen LogP contribution is 2.16. The van der Waals surface area contributed by atoms with Crippen molar-refractivity contribution in [3.63, 3.8) is 0 Å². The minimum atomic E-state index is -0.0578. The molecule has 1 heterocycles. The normalized spacial score (nSPS) is 11.6. The van der Waals surface area contributed by atoms with Gasteiger partial charge in [0.2, 0.25) is 12.2 Å². The molecular formula is C13H17ClN4O2. The van der Waals surface area contributed by atoms with Crippen LogP contribution in [0.5, 0.6) is 0 Å². The summed E-state index contributed by atoms with van der Waals surface area (Å²) < 4.78 is 4.68. The number of benzene rings is 1. The summed E-state index contributed by atoms with van der Waals surface area (Å²) in [6, 6.07) is 7.07. The van der Waals surface area contributed by atoms with Crippen LogP contribution in [0.1, 0.15) is 17.3 Å². The van der Waals surface area contributed by atoms with E-state index in [4.69, 9.17) is 5.73 Å². The summed E-state index contributed by atoms with van der Waals surface area (Å²) in [5.74, 6) is 0.445. The number of rotatable bonds is 4. The number of likely N-dealkylation sites (N-methyl/N-ethyl adjacent to an activating group) is 1. The molecule has 0 saturated carbocycles. The van der Waals surface area contributed by atoms with Gasteiger partial charge in [-0.2, -0.15) is 4.98 Å². The Morgan fingerprint density at radius 3 is 2.55 bits per heavy atom. The lowest BCUT2D eigenvalue weighted by Gasteiger charge is -2.23. The van der Waals surface area contributed by atoms with Gasteiger partial charge in [0, 0.05) is 30.8 Å². The van der Waals surface area contributed by atoms with E-state index in [9.17, 15) is 4.79 Å². The Kier molecular flexibility index (Phi) is 5.66. The standard InChI is InChI=1S/C13H16N4O2.ClH/c1-9(7-14)17(2)13(18)11-5-3-10(4-6-11)12-15-8-19-16-12;/h3-6,8-9H,7,14H2,1-2H3;1H. The van der Waals surface area contributed by atoms with Crippen LogP contribution in [-0.4, -0.2) is 40.6 Å².